The van der Waals surface area contributed by atoms with Crippen LogP contribution in [0.2, 0.25) is 0 Å². The number of esters is 1. The molecule has 0 aliphatic carbocycles. The minimum Gasteiger partial charge on any atom is -0.508 e. The van der Waals surface area contributed by atoms with Gasteiger partial charge in [-0.15, -0.1) is 11.8 Å². The van der Waals surface area contributed by atoms with Crippen molar-refractivity contribution in [1.82, 2.24) is 19.7 Å². The van der Waals surface area contributed by atoms with Gasteiger partial charge in [-0.25, -0.2) is 14.5 Å². The van der Waals surface area contributed by atoms with Crippen molar-refractivity contribution in [1.29, 1.82) is 0 Å². The van der Waals surface area contributed by atoms with E-state index < -0.39 is 5.97 Å². The molecule has 2 aromatic carbocycles. The Balaban J connectivity index is 1.78. The van der Waals surface area contributed by atoms with E-state index in [-0.39, 0.29) is 18.9 Å². The number of thioether (sulfide) groups is 1. The van der Waals surface area contributed by atoms with Crippen LogP contribution in [-0.2, 0) is 17.0 Å². The summed E-state index contributed by atoms with van der Waals surface area (Å²) in [4.78, 5) is 21.3. The van der Waals surface area contributed by atoms with Gasteiger partial charge in [-0.3, -0.25) is 0 Å². The Bertz CT molecular complexity index is 1170. The molecular formula is C22H22N4O3S. The Morgan fingerprint density at radius 3 is 2.73 bits per heavy atom. The highest BCUT2D eigenvalue weighted by Gasteiger charge is 2.24. The maximum atomic E-state index is 12.9. The first kappa shape index (κ1) is 20.0. The zero-order chi connectivity index (χ0) is 21.1. The average molecular weight is 423 g/mol. The van der Waals surface area contributed by atoms with Crippen LogP contribution in [0.25, 0.3) is 10.9 Å². The van der Waals surface area contributed by atoms with E-state index in [1.807, 2.05) is 6.92 Å². The van der Waals surface area contributed by atoms with E-state index in [2.05, 4.69) is 39.3 Å². The number of phenols is 1. The smallest absolute Gasteiger partial charge is 0.340 e. The lowest BCUT2D eigenvalue weighted by atomic mass is 10.0. The fourth-order valence-corrected chi connectivity index (χ4v) is 4.22. The highest BCUT2D eigenvalue weighted by atomic mass is 32.2. The SMILES string of the molecule is CCOC(=O)c1c(CSc2ccc(C)cc2)[nH]c2ccc(O)c(Cn3cncn3)c12. The van der Waals surface area contributed by atoms with E-state index in [4.69, 9.17) is 4.74 Å². The number of hydrogen-bond acceptors (Lipinski definition) is 6. The van der Waals surface area contributed by atoms with Crippen LogP contribution >= 0.6 is 11.8 Å². The lowest BCUT2D eigenvalue weighted by Gasteiger charge is -2.09. The van der Waals surface area contributed by atoms with E-state index in [1.54, 1.807) is 41.8 Å². The number of aromatic amines is 1. The van der Waals surface area contributed by atoms with E-state index in [0.29, 0.717) is 22.3 Å². The number of carbonyl (C=O) groups is 1. The molecule has 154 valence electrons. The van der Waals surface area contributed by atoms with Crippen molar-refractivity contribution in [2.45, 2.75) is 31.0 Å². The highest BCUT2D eigenvalue weighted by Crippen LogP contribution is 2.35. The van der Waals surface area contributed by atoms with Gasteiger partial charge in [-0.1, -0.05) is 17.7 Å². The molecular weight excluding hydrogens is 400 g/mol. The third-order valence-corrected chi connectivity index (χ3v) is 5.83. The number of fused-ring (bicyclic) bond motifs is 1. The first-order valence-electron chi connectivity index (χ1n) is 9.61. The number of hydrogen-bond donors (Lipinski definition) is 2. The molecule has 0 spiro atoms. The molecule has 7 nitrogen and oxygen atoms in total. The summed E-state index contributed by atoms with van der Waals surface area (Å²) in [6.45, 7) is 4.39. The number of benzene rings is 2. The molecule has 2 aromatic heterocycles. The van der Waals surface area contributed by atoms with E-state index in [1.165, 1.54) is 11.9 Å². The number of carbonyl (C=O) groups excluding carboxylic acids is 1. The molecule has 0 amide bonds. The standard InChI is InChI=1S/C22H22N4O3S/c1-3-29-22(28)21-18(11-30-15-6-4-14(2)5-7-15)25-17-8-9-19(27)16(20(17)21)10-26-13-23-12-24-26/h4-9,12-13,25,27H,3,10-11H2,1-2H3. The molecule has 0 aliphatic rings. The lowest BCUT2D eigenvalue weighted by molar-refractivity contribution is 0.0527. The topological polar surface area (TPSA) is 93.0 Å². The number of nitrogens with zero attached hydrogens (tertiary/aromatic N) is 3. The van der Waals surface area contributed by atoms with Gasteiger partial charge < -0.3 is 14.8 Å². The van der Waals surface area contributed by atoms with Gasteiger partial charge in [-0.05, 0) is 38.1 Å². The predicted octanol–water partition coefficient (Wildman–Crippen LogP) is 4.29. The summed E-state index contributed by atoms with van der Waals surface area (Å²) in [6, 6.07) is 11.7. The normalized spacial score (nSPS) is 11.1. The summed E-state index contributed by atoms with van der Waals surface area (Å²) >= 11 is 1.63. The molecule has 0 bridgehead atoms. The molecule has 0 radical (unpaired) electrons. The van der Waals surface area contributed by atoms with Gasteiger partial charge in [0.05, 0.1) is 18.7 Å². The summed E-state index contributed by atoms with van der Waals surface area (Å²) in [7, 11) is 0. The lowest BCUT2D eigenvalue weighted by Crippen LogP contribution is -2.08. The Hall–Kier alpha value is -3.26. The number of H-pyrrole nitrogens is 1. The number of aryl methyl sites for hydroxylation is 1. The van der Waals surface area contributed by atoms with Crippen LogP contribution in [0.15, 0.2) is 53.9 Å². The highest BCUT2D eigenvalue weighted by molar-refractivity contribution is 7.98. The predicted molar refractivity (Wildman–Crippen MR) is 116 cm³/mol. The average Bonchev–Trinajstić information content (AvgIpc) is 3.37. The van der Waals surface area contributed by atoms with E-state index in [9.17, 15) is 9.90 Å². The molecule has 0 saturated carbocycles. The summed E-state index contributed by atoms with van der Waals surface area (Å²) < 4.78 is 6.96. The number of aromatic nitrogens is 4. The zero-order valence-electron chi connectivity index (χ0n) is 16.8. The van der Waals surface area contributed by atoms with Crippen molar-refractivity contribution in [3.05, 3.63) is 71.4 Å². The zero-order valence-corrected chi connectivity index (χ0v) is 17.6. The summed E-state index contributed by atoms with van der Waals surface area (Å²) in [5, 5.41) is 15.3. The fourth-order valence-electron chi connectivity index (χ4n) is 3.37. The van der Waals surface area contributed by atoms with Crippen LogP contribution < -0.4 is 0 Å². The van der Waals surface area contributed by atoms with Crippen molar-refractivity contribution >= 4 is 28.6 Å². The van der Waals surface area contributed by atoms with Crippen molar-refractivity contribution in [3.8, 4) is 5.75 Å². The molecule has 4 aromatic rings. The molecule has 0 aliphatic heterocycles. The van der Waals surface area contributed by atoms with Gasteiger partial charge in [0.2, 0.25) is 0 Å². The second kappa shape index (κ2) is 8.62. The van der Waals surface area contributed by atoms with Gasteiger partial charge >= 0.3 is 5.97 Å². The fraction of sp³-hybridized carbons (Fsp3) is 0.227. The van der Waals surface area contributed by atoms with Gasteiger partial charge in [0.1, 0.15) is 18.4 Å². The van der Waals surface area contributed by atoms with Crippen LogP contribution in [0.3, 0.4) is 0 Å². The number of nitrogens with one attached hydrogen (secondary N) is 1. The number of aromatic hydroxyl groups is 1. The largest absolute Gasteiger partial charge is 0.508 e. The van der Waals surface area contributed by atoms with Gasteiger partial charge in [0, 0.05) is 32.8 Å². The first-order chi connectivity index (χ1) is 14.6. The minimum atomic E-state index is -0.409. The Morgan fingerprint density at radius 2 is 2.03 bits per heavy atom. The van der Waals surface area contributed by atoms with Gasteiger partial charge in [-0.2, -0.15) is 5.10 Å². The molecule has 4 rings (SSSR count). The molecule has 30 heavy (non-hydrogen) atoms. The van der Waals surface area contributed by atoms with Crippen LogP contribution in [0.1, 0.15) is 34.1 Å². The number of phenolic OH excluding ortho intramolecular Hbond substituents is 1. The van der Waals surface area contributed by atoms with Crippen LogP contribution in [0, 0.1) is 6.92 Å². The Labute approximate surface area is 178 Å². The van der Waals surface area contributed by atoms with Crippen LogP contribution in [0.5, 0.6) is 5.75 Å². The molecule has 2 N–H and O–H groups in total. The number of rotatable bonds is 7. The quantitative estimate of drug-likeness (QED) is 0.341. The molecule has 0 atom stereocenters. The van der Waals surface area contributed by atoms with E-state index >= 15 is 0 Å². The number of ether oxygens (including phenoxy) is 1. The molecule has 0 unspecified atom stereocenters. The van der Waals surface area contributed by atoms with Crippen molar-refractivity contribution in [2.24, 2.45) is 0 Å². The van der Waals surface area contributed by atoms with Crippen molar-refractivity contribution in [3.63, 3.8) is 0 Å². The van der Waals surface area contributed by atoms with Crippen molar-refractivity contribution in [2.75, 3.05) is 6.61 Å². The van der Waals surface area contributed by atoms with Gasteiger partial charge in [0.15, 0.2) is 0 Å². The third-order valence-electron chi connectivity index (χ3n) is 4.80. The van der Waals surface area contributed by atoms with Gasteiger partial charge in [0.25, 0.3) is 0 Å². The van der Waals surface area contributed by atoms with Crippen LogP contribution in [0.4, 0.5) is 0 Å². The third kappa shape index (κ3) is 4.04. The molecule has 8 heteroatoms. The van der Waals surface area contributed by atoms with Crippen molar-refractivity contribution < 1.29 is 14.6 Å². The molecule has 0 saturated heterocycles. The maximum Gasteiger partial charge on any atom is 0.340 e. The second-order valence-electron chi connectivity index (χ2n) is 6.88. The second-order valence-corrected chi connectivity index (χ2v) is 7.93. The maximum absolute atomic E-state index is 12.9. The summed E-state index contributed by atoms with van der Waals surface area (Å²) in [5.74, 6) is 0.254. The minimum absolute atomic E-state index is 0.0975. The Kier molecular flexibility index (Phi) is 5.76. The van der Waals surface area contributed by atoms with Crippen LogP contribution in [-0.4, -0.2) is 37.4 Å². The molecule has 0 fully saturated rings. The summed E-state index contributed by atoms with van der Waals surface area (Å²) in [5.41, 5.74) is 3.79. The monoisotopic (exact) mass is 422 g/mol. The van der Waals surface area contributed by atoms with E-state index in [0.717, 1.165) is 16.1 Å². The molecule has 2 heterocycles. The first-order valence-corrected chi connectivity index (χ1v) is 10.6. The summed E-state index contributed by atoms with van der Waals surface area (Å²) in [6.07, 6.45) is 3.01. The Morgan fingerprint density at radius 1 is 1.23 bits per heavy atom.